The summed E-state index contributed by atoms with van der Waals surface area (Å²) >= 11 is 3.33. The van der Waals surface area contributed by atoms with E-state index in [1.165, 1.54) is 0 Å². The minimum Gasteiger partial charge on any atom is -0.307 e. The van der Waals surface area contributed by atoms with Gasteiger partial charge in [-0.15, -0.1) is 0 Å². The van der Waals surface area contributed by atoms with Crippen LogP contribution in [0.3, 0.4) is 0 Å². The maximum atomic E-state index is 11.7. The van der Waals surface area contributed by atoms with Crippen molar-refractivity contribution in [3.05, 3.63) is 10.7 Å². The van der Waals surface area contributed by atoms with Gasteiger partial charge in [0, 0.05) is 13.2 Å². The average molecular weight is 289 g/mol. The zero-order valence-corrected chi connectivity index (χ0v) is 11.3. The number of carbonyl (C=O) groups is 1. The van der Waals surface area contributed by atoms with Crippen LogP contribution in [0, 0.1) is 0 Å². The molecule has 0 bridgehead atoms. The van der Waals surface area contributed by atoms with Gasteiger partial charge >= 0.3 is 0 Å². The third kappa shape index (κ3) is 3.61. The van der Waals surface area contributed by atoms with Crippen LogP contribution >= 0.6 is 15.9 Å². The van der Waals surface area contributed by atoms with Gasteiger partial charge in [-0.25, -0.2) is 0 Å². The quantitative estimate of drug-likeness (QED) is 0.864. The van der Waals surface area contributed by atoms with Gasteiger partial charge in [0.15, 0.2) is 5.82 Å². The van der Waals surface area contributed by atoms with Crippen LogP contribution in [0.15, 0.2) is 10.7 Å². The van der Waals surface area contributed by atoms with Crippen molar-refractivity contribution in [2.75, 3.05) is 11.9 Å². The van der Waals surface area contributed by atoms with E-state index in [-0.39, 0.29) is 11.9 Å². The van der Waals surface area contributed by atoms with Gasteiger partial charge in [0.05, 0.1) is 10.5 Å². The predicted octanol–water partition coefficient (Wildman–Crippen LogP) is 1.51. The molecule has 1 aromatic rings. The Morgan fingerprint density at radius 3 is 2.88 bits per heavy atom. The molecule has 16 heavy (non-hydrogen) atoms. The van der Waals surface area contributed by atoms with Gasteiger partial charge in [-0.3, -0.25) is 9.48 Å². The molecule has 0 aliphatic heterocycles. The summed E-state index contributed by atoms with van der Waals surface area (Å²) in [6.07, 6.45) is 2.80. The third-order valence-corrected chi connectivity index (χ3v) is 2.70. The van der Waals surface area contributed by atoms with Crippen LogP contribution in [0.1, 0.15) is 20.3 Å². The van der Waals surface area contributed by atoms with Crippen molar-refractivity contribution in [1.29, 1.82) is 0 Å². The van der Waals surface area contributed by atoms with Crippen LogP contribution in [0.25, 0.3) is 0 Å². The Labute approximate surface area is 104 Å². The number of rotatable bonds is 5. The summed E-state index contributed by atoms with van der Waals surface area (Å²) in [5.74, 6) is 0.477. The van der Waals surface area contributed by atoms with Gasteiger partial charge in [-0.2, -0.15) is 5.10 Å². The van der Waals surface area contributed by atoms with Crippen LogP contribution in [0.2, 0.25) is 0 Å². The van der Waals surface area contributed by atoms with E-state index in [1.54, 1.807) is 17.9 Å². The summed E-state index contributed by atoms with van der Waals surface area (Å²) < 4.78 is 2.43. The number of carbonyl (C=O) groups excluding carboxylic acids is 1. The summed E-state index contributed by atoms with van der Waals surface area (Å²) in [4.78, 5) is 11.7. The van der Waals surface area contributed by atoms with Gasteiger partial charge in [-0.1, -0.05) is 6.92 Å². The number of anilines is 1. The molecule has 0 fully saturated rings. The van der Waals surface area contributed by atoms with Crippen molar-refractivity contribution in [1.82, 2.24) is 15.1 Å². The zero-order chi connectivity index (χ0) is 12.1. The highest BCUT2D eigenvalue weighted by molar-refractivity contribution is 9.10. The summed E-state index contributed by atoms with van der Waals surface area (Å²) in [6.45, 7) is 4.73. The summed E-state index contributed by atoms with van der Waals surface area (Å²) in [5.41, 5.74) is 0. The Morgan fingerprint density at radius 2 is 2.38 bits per heavy atom. The normalized spacial score (nSPS) is 12.5. The van der Waals surface area contributed by atoms with Crippen LogP contribution in [0.4, 0.5) is 5.82 Å². The predicted molar refractivity (Wildman–Crippen MR) is 67.3 cm³/mol. The topological polar surface area (TPSA) is 59.0 Å². The van der Waals surface area contributed by atoms with E-state index in [1.807, 2.05) is 6.92 Å². The molecule has 0 aromatic carbocycles. The Bertz CT molecular complexity index is 364. The van der Waals surface area contributed by atoms with E-state index in [0.29, 0.717) is 5.82 Å². The lowest BCUT2D eigenvalue weighted by Gasteiger charge is -2.12. The molecular weight excluding hydrogens is 272 g/mol. The van der Waals surface area contributed by atoms with Crippen molar-refractivity contribution in [2.24, 2.45) is 7.05 Å². The van der Waals surface area contributed by atoms with Crippen LogP contribution < -0.4 is 10.6 Å². The number of aromatic nitrogens is 2. The maximum Gasteiger partial charge on any atom is 0.242 e. The number of hydrogen-bond acceptors (Lipinski definition) is 3. The largest absolute Gasteiger partial charge is 0.307 e. The molecule has 1 heterocycles. The summed E-state index contributed by atoms with van der Waals surface area (Å²) in [7, 11) is 1.80. The number of nitrogens with zero attached hydrogens (tertiary/aromatic N) is 2. The number of amides is 1. The van der Waals surface area contributed by atoms with Gasteiger partial charge < -0.3 is 10.6 Å². The highest BCUT2D eigenvalue weighted by Crippen LogP contribution is 2.19. The molecule has 0 saturated heterocycles. The lowest BCUT2D eigenvalue weighted by Crippen LogP contribution is -2.38. The Morgan fingerprint density at radius 1 is 1.69 bits per heavy atom. The third-order valence-electron chi connectivity index (χ3n) is 2.12. The molecule has 6 heteroatoms. The maximum absolute atomic E-state index is 11.7. The van der Waals surface area contributed by atoms with Crippen molar-refractivity contribution in [2.45, 2.75) is 26.3 Å². The fraction of sp³-hybridized carbons (Fsp3) is 0.600. The first-order valence-corrected chi connectivity index (χ1v) is 6.07. The number of halogens is 1. The molecule has 1 rings (SSSR count). The van der Waals surface area contributed by atoms with E-state index in [2.05, 4.69) is 38.6 Å². The fourth-order valence-electron chi connectivity index (χ4n) is 1.22. The SMILES string of the molecule is CCCNC(C)C(=O)Nc1nn(C)cc1Br. The van der Waals surface area contributed by atoms with Gasteiger partial charge in [0.2, 0.25) is 5.91 Å². The molecular formula is C10H17BrN4O. The molecule has 5 nitrogen and oxygen atoms in total. The first-order chi connectivity index (χ1) is 7.54. The minimum absolute atomic E-state index is 0.0761. The second-order valence-corrected chi connectivity index (χ2v) is 4.52. The highest BCUT2D eigenvalue weighted by Gasteiger charge is 2.14. The zero-order valence-electron chi connectivity index (χ0n) is 9.75. The molecule has 0 saturated carbocycles. The Kier molecular flexibility index (Phi) is 4.95. The molecule has 1 aromatic heterocycles. The molecule has 0 radical (unpaired) electrons. The Hall–Kier alpha value is -0.880. The lowest BCUT2D eigenvalue weighted by molar-refractivity contribution is -0.117. The van der Waals surface area contributed by atoms with Crippen LogP contribution in [-0.4, -0.2) is 28.3 Å². The van der Waals surface area contributed by atoms with Crippen molar-refractivity contribution >= 4 is 27.7 Å². The standard InChI is InChI=1S/C10H17BrN4O/c1-4-5-12-7(2)10(16)13-9-8(11)6-15(3)14-9/h6-7,12H,4-5H2,1-3H3,(H,13,14,16). The number of hydrogen-bond donors (Lipinski definition) is 2. The second-order valence-electron chi connectivity index (χ2n) is 3.66. The number of aryl methyl sites for hydroxylation is 1. The minimum atomic E-state index is -0.214. The second kappa shape index (κ2) is 6.00. The summed E-state index contributed by atoms with van der Waals surface area (Å²) in [5, 5.41) is 10.00. The smallest absolute Gasteiger partial charge is 0.242 e. The van der Waals surface area contributed by atoms with Crippen LogP contribution in [-0.2, 0) is 11.8 Å². The molecule has 2 N–H and O–H groups in total. The molecule has 0 aliphatic rings. The molecule has 90 valence electrons. The first-order valence-electron chi connectivity index (χ1n) is 5.28. The Balaban J connectivity index is 2.53. The van der Waals surface area contributed by atoms with E-state index < -0.39 is 0 Å². The van der Waals surface area contributed by atoms with Crippen molar-refractivity contribution in [3.63, 3.8) is 0 Å². The van der Waals surface area contributed by atoms with Crippen LogP contribution in [0.5, 0.6) is 0 Å². The van der Waals surface area contributed by atoms with E-state index in [0.717, 1.165) is 17.4 Å². The fourth-order valence-corrected chi connectivity index (χ4v) is 1.70. The highest BCUT2D eigenvalue weighted by atomic mass is 79.9. The lowest BCUT2D eigenvalue weighted by atomic mass is 10.3. The summed E-state index contributed by atoms with van der Waals surface area (Å²) in [6, 6.07) is -0.214. The average Bonchev–Trinajstić information content (AvgIpc) is 2.53. The molecule has 0 aliphatic carbocycles. The molecule has 1 atom stereocenters. The molecule has 1 unspecified atom stereocenters. The van der Waals surface area contributed by atoms with Crippen molar-refractivity contribution < 1.29 is 4.79 Å². The monoisotopic (exact) mass is 288 g/mol. The van der Waals surface area contributed by atoms with E-state index in [9.17, 15) is 4.79 Å². The molecule has 0 spiro atoms. The van der Waals surface area contributed by atoms with Gasteiger partial charge in [0.25, 0.3) is 0 Å². The van der Waals surface area contributed by atoms with E-state index in [4.69, 9.17) is 0 Å². The first kappa shape index (κ1) is 13.2. The van der Waals surface area contributed by atoms with Crippen molar-refractivity contribution in [3.8, 4) is 0 Å². The van der Waals surface area contributed by atoms with E-state index >= 15 is 0 Å². The molecule has 1 amide bonds. The number of nitrogens with one attached hydrogen (secondary N) is 2. The van der Waals surface area contributed by atoms with Gasteiger partial charge in [-0.05, 0) is 35.8 Å². The van der Waals surface area contributed by atoms with Gasteiger partial charge in [0.1, 0.15) is 0 Å².